The second kappa shape index (κ2) is 9.19. The van der Waals surface area contributed by atoms with Crippen molar-refractivity contribution >= 4 is 23.8 Å². The minimum absolute atomic E-state index is 0.505. The standard InChI is InChI=1S/C21H23ClN4OS/c1-4-13-27-17-11-9-16(10-12-17)14-24(2)15-26-21(28)25(3)20(23-26)18-7-5-6-8-19(18)22/h4-12H,1,13-15H2,2-3H3. The molecule has 0 saturated heterocycles. The molecule has 0 aliphatic carbocycles. The van der Waals surface area contributed by atoms with Crippen molar-refractivity contribution < 1.29 is 4.74 Å². The molecule has 3 rings (SSSR count). The van der Waals surface area contributed by atoms with E-state index in [2.05, 4.69) is 28.7 Å². The molecule has 0 saturated carbocycles. The zero-order valence-electron chi connectivity index (χ0n) is 16.0. The van der Waals surface area contributed by atoms with Gasteiger partial charge < -0.3 is 9.30 Å². The lowest BCUT2D eigenvalue weighted by atomic mass is 10.2. The normalized spacial score (nSPS) is 11.0. The number of nitrogens with zero attached hydrogens (tertiary/aromatic N) is 4. The minimum atomic E-state index is 0.505. The van der Waals surface area contributed by atoms with Crippen LogP contribution in [-0.2, 0) is 20.3 Å². The SMILES string of the molecule is C=CCOc1ccc(CN(C)Cn2nc(-c3ccccc3Cl)n(C)c2=S)cc1. The molecule has 5 nitrogen and oxygen atoms in total. The van der Waals surface area contributed by atoms with Gasteiger partial charge in [0.1, 0.15) is 12.4 Å². The lowest BCUT2D eigenvalue weighted by molar-refractivity contribution is 0.244. The molecule has 1 heterocycles. The summed E-state index contributed by atoms with van der Waals surface area (Å²) in [5, 5.41) is 5.35. The number of benzene rings is 2. The number of ether oxygens (including phenoxy) is 1. The number of rotatable bonds is 8. The molecule has 0 aliphatic heterocycles. The van der Waals surface area contributed by atoms with Gasteiger partial charge in [0.15, 0.2) is 10.6 Å². The molecule has 7 heteroatoms. The van der Waals surface area contributed by atoms with Gasteiger partial charge in [-0.15, -0.1) is 0 Å². The third kappa shape index (κ3) is 4.70. The van der Waals surface area contributed by atoms with Crippen LogP contribution in [0.3, 0.4) is 0 Å². The summed E-state index contributed by atoms with van der Waals surface area (Å²) < 4.78 is 9.87. The average molecular weight is 415 g/mol. The molecular weight excluding hydrogens is 392 g/mol. The van der Waals surface area contributed by atoms with E-state index in [0.29, 0.717) is 23.1 Å². The Hall–Kier alpha value is -2.41. The van der Waals surface area contributed by atoms with Gasteiger partial charge in [0.25, 0.3) is 0 Å². The van der Waals surface area contributed by atoms with Crippen molar-refractivity contribution in [3.63, 3.8) is 0 Å². The highest BCUT2D eigenvalue weighted by atomic mass is 35.5. The molecule has 0 aliphatic rings. The molecule has 28 heavy (non-hydrogen) atoms. The second-order valence-electron chi connectivity index (χ2n) is 6.54. The van der Waals surface area contributed by atoms with Gasteiger partial charge >= 0.3 is 0 Å². The van der Waals surface area contributed by atoms with Crippen molar-refractivity contribution in [2.24, 2.45) is 7.05 Å². The van der Waals surface area contributed by atoms with Crippen LogP contribution in [0.5, 0.6) is 5.75 Å². The fourth-order valence-electron chi connectivity index (χ4n) is 2.89. The summed E-state index contributed by atoms with van der Waals surface area (Å²) in [5.41, 5.74) is 2.05. The Labute approximate surface area is 175 Å². The fourth-order valence-corrected chi connectivity index (χ4v) is 3.30. The van der Waals surface area contributed by atoms with Crippen molar-refractivity contribution in [3.8, 4) is 17.1 Å². The van der Waals surface area contributed by atoms with Crippen LogP contribution in [0, 0.1) is 4.77 Å². The fraction of sp³-hybridized carbons (Fsp3) is 0.238. The van der Waals surface area contributed by atoms with Crippen LogP contribution < -0.4 is 4.74 Å². The van der Waals surface area contributed by atoms with E-state index in [4.69, 9.17) is 28.6 Å². The zero-order chi connectivity index (χ0) is 20.1. The Bertz CT molecular complexity index is 1010. The topological polar surface area (TPSA) is 35.2 Å². The van der Waals surface area contributed by atoms with Gasteiger partial charge in [0.2, 0.25) is 0 Å². The summed E-state index contributed by atoms with van der Waals surface area (Å²) in [5.74, 6) is 1.59. The van der Waals surface area contributed by atoms with Gasteiger partial charge in [0.05, 0.1) is 11.7 Å². The number of hydrogen-bond acceptors (Lipinski definition) is 4. The molecule has 3 aromatic rings. The van der Waals surface area contributed by atoms with E-state index >= 15 is 0 Å². The van der Waals surface area contributed by atoms with Crippen LogP contribution in [0.2, 0.25) is 5.02 Å². The molecule has 0 atom stereocenters. The molecule has 0 spiro atoms. The first-order valence-corrected chi connectivity index (χ1v) is 9.68. The maximum atomic E-state index is 6.33. The van der Waals surface area contributed by atoms with Gasteiger partial charge in [-0.3, -0.25) is 4.90 Å². The van der Waals surface area contributed by atoms with E-state index in [9.17, 15) is 0 Å². The summed E-state index contributed by atoms with van der Waals surface area (Å²) in [4.78, 5) is 2.15. The van der Waals surface area contributed by atoms with Crippen LogP contribution in [-0.4, -0.2) is 32.9 Å². The maximum absolute atomic E-state index is 6.33. The molecule has 0 radical (unpaired) electrons. The smallest absolute Gasteiger partial charge is 0.199 e. The van der Waals surface area contributed by atoms with Crippen LogP contribution in [0.1, 0.15) is 5.56 Å². The third-order valence-corrected chi connectivity index (χ3v) is 5.09. The molecule has 0 bridgehead atoms. The van der Waals surface area contributed by atoms with Crippen molar-refractivity contribution in [2.75, 3.05) is 13.7 Å². The Kier molecular flexibility index (Phi) is 6.67. The van der Waals surface area contributed by atoms with E-state index in [0.717, 1.165) is 23.7 Å². The highest BCUT2D eigenvalue weighted by molar-refractivity contribution is 7.71. The molecule has 146 valence electrons. The largest absolute Gasteiger partial charge is 0.490 e. The average Bonchev–Trinajstić information content (AvgIpc) is 2.96. The first-order valence-electron chi connectivity index (χ1n) is 8.89. The van der Waals surface area contributed by atoms with Crippen molar-refractivity contribution in [3.05, 3.63) is 76.5 Å². The maximum Gasteiger partial charge on any atom is 0.199 e. The van der Waals surface area contributed by atoms with E-state index < -0.39 is 0 Å². The lowest BCUT2D eigenvalue weighted by Crippen LogP contribution is -2.22. The summed E-state index contributed by atoms with van der Waals surface area (Å²) in [6.07, 6.45) is 1.73. The molecule has 0 unspecified atom stereocenters. The lowest BCUT2D eigenvalue weighted by Gasteiger charge is -2.16. The van der Waals surface area contributed by atoms with Crippen molar-refractivity contribution in [1.29, 1.82) is 0 Å². The Morgan fingerprint density at radius 3 is 2.61 bits per heavy atom. The van der Waals surface area contributed by atoms with Crippen molar-refractivity contribution in [1.82, 2.24) is 19.2 Å². The Morgan fingerprint density at radius 2 is 1.93 bits per heavy atom. The van der Waals surface area contributed by atoms with Crippen LogP contribution >= 0.6 is 23.8 Å². The Morgan fingerprint density at radius 1 is 1.21 bits per heavy atom. The third-order valence-electron chi connectivity index (χ3n) is 4.27. The zero-order valence-corrected chi connectivity index (χ0v) is 17.6. The van der Waals surface area contributed by atoms with E-state index in [1.54, 1.807) is 6.08 Å². The first kappa shape index (κ1) is 20.3. The molecule has 0 amide bonds. The summed E-state index contributed by atoms with van der Waals surface area (Å²) in [6, 6.07) is 15.7. The van der Waals surface area contributed by atoms with Crippen LogP contribution in [0.15, 0.2) is 61.2 Å². The van der Waals surface area contributed by atoms with Gasteiger partial charge in [-0.25, -0.2) is 4.68 Å². The van der Waals surface area contributed by atoms with Crippen LogP contribution in [0.25, 0.3) is 11.4 Å². The van der Waals surface area contributed by atoms with Crippen LogP contribution in [0.4, 0.5) is 0 Å². The van der Waals surface area contributed by atoms with E-state index in [1.165, 1.54) is 5.56 Å². The molecule has 0 fully saturated rings. The highest BCUT2D eigenvalue weighted by Gasteiger charge is 2.13. The van der Waals surface area contributed by atoms with E-state index in [1.807, 2.05) is 59.7 Å². The predicted molar refractivity (Wildman–Crippen MR) is 116 cm³/mol. The number of halogens is 1. The monoisotopic (exact) mass is 414 g/mol. The molecule has 1 aromatic heterocycles. The van der Waals surface area contributed by atoms with Gasteiger partial charge in [-0.1, -0.05) is 48.5 Å². The van der Waals surface area contributed by atoms with E-state index in [-0.39, 0.29) is 0 Å². The summed E-state index contributed by atoms with van der Waals surface area (Å²) in [7, 11) is 3.94. The number of aromatic nitrogens is 3. The minimum Gasteiger partial charge on any atom is -0.490 e. The second-order valence-corrected chi connectivity index (χ2v) is 7.32. The number of hydrogen-bond donors (Lipinski definition) is 0. The molecular formula is C21H23ClN4OS. The molecule has 0 N–H and O–H groups in total. The first-order chi connectivity index (χ1) is 13.5. The quantitative estimate of drug-likeness (QED) is 0.387. The van der Waals surface area contributed by atoms with Gasteiger partial charge in [0, 0.05) is 19.2 Å². The van der Waals surface area contributed by atoms with Gasteiger partial charge in [-0.05, 0) is 49.1 Å². The summed E-state index contributed by atoms with van der Waals surface area (Å²) >= 11 is 11.9. The van der Waals surface area contributed by atoms with Gasteiger partial charge in [-0.2, -0.15) is 5.10 Å². The predicted octanol–water partition coefficient (Wildman–Crippen LogP) is 4.93. The van der Waals surface area contributed by atoms with Crippen molar-refractivity contribution in [2.45, 2.75) is 13.2 Å². The summed E-state index contributed by atoms with van der Waals surface area (Å²) in [6.45, 7) is 5.50. The molecule has 2 aromatic carbocycles. The Balaban J connectivity index is 1.71. The highest BCUT2D eigenvalue weighted by Crippen LogP contribution is 2.26.